The lowest BCUT2D eigenvalue weighted by Gasteiger charge is -2.13. The Bertz CT molecular complexity index is 895. The molecule has 110 valence electrons. The van der Waals surface area contributed by atoms with E-state index < -0.39 is 10.0 Å². The third-order valence-electron chi connectivity index (χ3n) is 3.25. The quantitative estimate of drug-likeness (QED) is 0.805. The van der Waals surface area contributed by atoms with Crippen molar-refractivity contribution in [2.75, 3.05) is 0 Å². The van der Waals surface area contributed by atoms with Crippen LogP contribution < -0.4 is 5.14 Å². The smallest absolute Gasteiger partial charge is 0.238 e. The highest BCUT2D eigenvalue weighted by molar-refractivity contribution is 7.89. The second-order valence-electron chi connectivity index (χ2n) is 4.68. The molecule has 2 N–H and O–H groups in total. The summed E-state index contributed by atoms with van der Waals surface area (Å²) in [5.74, 6) is 0. The molecule has 0 aliphatic rings. The summed E-state index contributed by atoms with van der Waals surface area (Å²) in [6, 6.07) is 16.0. The summed E-state index contributed by atoms with van der Waals surface area (Å²) in [4.78, 5) is 8.18. The van der Waals surface area contributed by atoms with Crippen LogP contribution >= 0.6 is 0 Å². The summed E-state index contributed by atoms with van der Waals surface area (Å²) in [5.41, 5.74) is 2.64. The van der Waals surface area contributed by atoms with Crippen molar-refractivity contribution in [2.45, 2.75) is 4.90 Å². The highest BCUT2D eigenvalue weighted by Crippen LogP contribution is 2.35. The van der Waals surface area contributed by atoms with E-state index in [2.05, 4.69) is 9.97 Å². The fraction of sp³-hybridized carbons (Fsp3) is 0. The summed E-state index contributed by atoms with van der Waals surface area (Å²) in [7, 11) is -3.86. The first-order valence-electron chi connectivity index (χ1n) is 6.55. The van der Waals surface area contributed by atoms with Gasteiger partial charge in [0.25, 0.3) is 0 Å². The second kappa shape index (κ2) is 5.67. The molecule has 3 aromatic rings. The fourth-order valence-electron chi connectivity index (χ4n) is 2.33. The molecular weight excluding hydrogens is 298 g/mol. The fourth-order valence-corrected chi connectivity index (χ4v) is 3.11. The van der Waals surface area contributed by atoms with Crippen LogP contribution in [0.4, 0.5) is 0 Å². The summed E-state index contributed by atoms with van der Waals surface area (Å²) in [5, 5.41) is 5.38. The Morgan fingerprint density at radius 3 is 2.32 bits per heavy atom. The zero-order chi connectivity index (χ0) is 15.6. The molecule has 3 rings (SSSR count). The van der Waals surface area contributed by atoms with Crippen molar-refractivity contribution in [3.63, 3.8) is 0 Å². The van der Waals surface area contributed by atoms with Crippen molar-refractivity contribution in [1.29, 1.82) is 0 Å². The second-order valence-corrected chi connectivity index (χ2v) is 6.21. The number of nitrogens with two attached hydrogens (primary N) is 1. The van der Waals surface area contributed by atoms with Gasteiger partial charge in [-0.05, 0) is 17.7 Å². The minimum absolute atomic E-state index is 0.0785. The predicted molar refractivity (Wildman–Crippen MR) is 84.3 cm³/mol. The average Bonchev–Trinajstić information content (AvgIpc) is 2.55. The maximum Gasteiger partial charge on any atom is 0.238 e. The third kappa shape index (κ3) is 2.74. The summed E-state index contributed by atoms with van der Waals surface area (Å²) in [6.45, 7) is 0. The van der Waals surface area contributed by atoms with Crippen LogP contribution in [0, 0.1) is 0 Å². The first kappa shape index (κ1) is 14.4. The number of primary sulfonamides is 1. The van der Waals surface area contributed by atoms with Gasteiger partial charge in [-0.3, -0.25) is 0 Å². The molecule has 0 amide bonds. The van der Waals surface area contributed by atoms with Gasteiger partial charge in [-0.2, -0.15) is 0 Å². The minimum Gasteiger partial charge on any atom is -0.245 e. The monoisotopic (exact) mass is 311 g/mol. The molecule has 0 radical (unpaired) electrons. The number of hydrogen-bond acceptors (Lipinski definition) is 4. The van der Waals surface area contributed by atoms with E-state index in [1.54, 1.807) is 18.3 Å². The van der Waals surface area contributed by atoms with E-state index in [0.29, 0.717) is 16.8 Å². The first-order chi connectivity index (χ1) is 10.6. The van der Waals surface area contributed by atoms with Crippen LogP contribution in [0.1, 0.15) is 0 Å². The van der Waals surface area contributed by atoms with Crippen molar-refractivity contribution in [1.82, 2.24) is 9.97 Å². The van der Waals surface area contributed by atoms with E-state index in [1.807, 2.05) is 36.4 Å². The van der Waals surface area contributed by atoms with Gasteiger partial charge in [-0.25, -0.2) is 23.5 Å². The Balaban J connectivity index is 2.37. The number of benzene rings is 2. The van der Waals surface area contributed by atoms with Crippen LogP contribution in [-0.4, -0.2) is 18.4 Å². The lowest BCUT2D eigenvalue weighted by molar-refractivity contribution is 0.598. The molecule has 0 bridgehead atoms. The zero-order valence-corrected chi connectivity index (χ0v) is 12.4. The van der Waals surface area contributed by atoms with Gasteiger partial charge in [0.2, 0.25) is 10.0 Å². The van der Waals surface area contributed by atoms with E-state index in [4.69, 9.17) is 5.14 Å². The maximum atomic E-state index is 12.0. The minimum atomic E-state index is -3.86. The summed E-state index contributed by atoms with van der Waals surface area (Å²) in [6.07, 6.45) is 3.04. The highest BCUT2D eigenvalue weighted by Gasteiger charge is 2.19. The molecule has 2 aromatic carbocycles. The Hall–Kier alpha value is -2.57. The number of nitrogens with zero attached hydrogens (tertiary/aromatic N) is 2. The molecule has 0 unspecified atom stereocenters. The van der Waals surface area contributed by atoms with Crippen LogP contribution in [0.3, 0.4) is 0 Å². The lowest BCUT2D eigenvalue weighted by atomic mass is 9.97. The van der Waals surface area contributed by atoms with Crippen molar-refractivity contribution in [3.05, 3.63) is 67.1 Å². The number of sulfonamides is 1. The molecule has 0 spiro atoms. The number of aromatic nitrogens is 2. The maximum absolute atomic E-state index is 12.0. The molecule has 0 saturated heterocycles. The Labute approximate surface area is 128 Å². The lowest BCUT2D eigenvalue weighted by Crippen LogP contribution is -2.14. The van der Waals surface area contributed by atoms with Crippen LogP contribution in [0.15, 0.2) is 72.0 Å². The SMILES string of the molecule is NS(=O)(=O)c1cccc(-c2ccncn2)c1-c1ccccc1. The molecule has 1 heterocycles. The summed E-state index contributed by atoms with van der Waals surface area (Å²) < 4.78 is 23.9. The zero-order valence-electron chi connectivity index (χ0n) is 11.5. The van der Waals surface area contributed by atoms with Crippen LogP contribution in [0.5, 0.6) is 0 Å². The van der Waals surface area contributed by atoms with E-state index in [1.165, 1.54) is 12.4 Å². The van der Waals surface area contributed by atoms with Gasteiger partial charge in [0.05, 0.1) is 10.6 Å². The normalized spacial score (nSPS) is 11.3. The van der Waals surface area contributed by atoms with E-state index in [-0.39, 0.29) is 4.90 Å². The first-order valence-corrected chi connectivity index (χ1v) is 8.09. The number of hydrogen-bond donors (Lipinski definition) is 1. The molecular formula is C16H13N3O2S. The van der Waals surface area contributed by atoms with Crippen molar-refractivity contribution < 1.29 is 8.42 Å². The van der Waals surface area contributed by atoms with Gasteiger partial charge < -0.3 is 0 Å². The van der Waals surface area contributed by atoms with E-state index >= 15 is 0 Å². The topological polar surface area (TPSA) is 85.9 Å². The van der Waals surface area contributed by atoms with Crippen LogP contribution in [0.2, 0.25) is 0 Å². The Morgan fingerprint density at radius 1 is 0.909 bits per heavy atom. The molecule has 0 aliphatic carbocycles. The third-order valence-corrected chi connectivity index (χ3v) is 4.21. The van der Waals surface area contributed by atoms with Gasteiger partial charge in [0.15, 0.2) is 0 Å². The van der Waals surface area contributed by atoms with Crippen molar-refractivity contribution in [2.24, 2.45) is 5.14 Å². The largest absolute Gasteiger partial charge is 0.245 e. The average molecular weight is 311 g/mol. The molecule has 5 nitrogen and oxygen atoms in total. The molecule has 1 aromatic heterocycles. The van der Waals surface area contributed by atoms with Gasteiger partial charge in [-0.15, -0.1) is 0 Å². The molecule has 0 atom stereocenters. The number of rotatable bonds is 3. The predicted octanol–water partition coefficient (Wildman–Crippen LogP) is 2.46. The van der Waals surface area contributed by atoms with Crippen LogP contribution in [-0.2, 0) is 10.0 Å². The van der Waals surface area contributed by atoms with E-state index in [9.17, 15) is 8.42 Å². The van der Waals surface area contributed by atoms with Gasteiger partial charge in [0.1, 0.15) is 6.33 Å². The summed E-state index contributed by atoms with van der Waals surface area (Å²) >= 11 is 0. The van der Waals surface area contributed by atoms with Crippen molar-refractivity contribution in [3.8, 4) is 22.4 Å². The molecule has 0 aliphatic heterocycles. The van der Waals surface area contributed by atoms with Gasteiger partial charge in [-0.1, -0.05) is 42.5 Å². The molecule has 0 saturated carbocycles. The van der Waals surface area contributed by atoms with Gasteiger partial charge >= 0.3 is 0 Å². The highest BCUT2D eigenvalue weighted by atomic mass is 32.2. The van der Waals surface area contributed by atoms with Crippen LogP contribution in [0.25, 0.3) is 22.4 Å². The van der Waals surface area contributed by atoms with E-state index in [0.717, 1.165) is 5.56 Å². The standard InChI is InChI=1S/C16H13N3O2S/c17-22(20,21)15-8-4-7-13(14-9-10-18-11-19-14)16(15)12-5-2-1-3-6-12/h1-11H,(H2,17,20,21). The van der Waals surface area contributed by atoms with Crippen molar-refractivity contribution >= 4 is 10.0 Å². The van der Waals surface area contributed by atoms with Gasteiger partial charge in [0, 0.05) is 17.3 Å². The Kier molecular flexibility index (Phi) is 3.70. The Morgan fingerprint density at radius 2 is 1.68 bits per heavy atom. The molecule has 6 heteroatoms. The molecule has 0 fully saturated rings. The molecule has 22 heavy (non-hydrogen) atoms.